The molecule has 202 valence electrons. The van der Waals surface area contributed by atoms with Gasteiger partial charge >= 0.3 is 0 Å². The van der Waals surface area contributed by atoms with Crippen molar-refractivity contribution in [2.75, 3.05) is 50.4 Å². The van der Waals surface area contributed by atoms with Crippen molar-refractivity contribution in [2.24, 2.45) is 11.1 Å². The maximum atomic E-state index is 11.0. The van der Waals surface area contributed by atoms with Crippen LogP contribution < -0.4 is 16.4 Å². The van der Waals surface area contributed by atoms with Crippen molar-refractivity contribution in [3.05, 3.63) is 36.2 Å². The van der Waals surface area contributed by atoms with Crippen molar-refractivity contribution in [1.29, 1.82) is 0 Å². The molecular weight excluding hydrogens is 478 g/mol. The number of primary amides is 1. The normalized spacial score (nSPS) is 19.5. The van der Waals surface area contributed by atoms with E-state index in [0.717, 1.165) is 49.1 Å². The fraction of sp³-hybridized carbons (Fsp3) is 0.571. The summed E-state index contributed by atoms with van der Waals surface area (Å²) in [5, 5.41) is 6.85. The Morgan fingerprint density at radius 2 is 1.84 bits per heavy atom. The van der Waals surface area contributed by atoms with Gasteiger partial charge in [0.15, 0.2) is 17.0 Å². The van der Waals surface area contributed by atoms with Crippen LogP contribution in [-0.2, 0) is 11.3 Å². The topological polar surface area (TPSA) is 117 Å². The van der Waals surface area contributed by atoms with Crippen LogP contribution in [0, 0.1) is 5.41 Å². The number of unbranched alkanes of at least 4 members (excludes halogenated alkanes) is 1. The minimum Gasteiger partial charge on any atom is -0.370 e. The predicted octanol–water partition coefficient (Wildman–Crippen LogP) is 3.50. The summed E-state index contributed by atoms with van der Waals surface area (Å²) in [5.74, 6) is 1.02. The number of hydrogen-bond donors (Lipinski definition) is 3. The molecule has 0 bridgehead atoms. The molecular formula is C28H39N9O. The Hall–Kier alpha value is -3.24. The highest BCUT2D eigenvalue weighted by molar-refractivity contribution is 5.86. The molecule has 2 aromatic heterocycles. The van der Waals surface area contributed by atoms with Crippen molar-refractivity contribution in [3.8, 4) is 0 Å². The quantitative estimate of drug-likeness (QED) is 0.331. The number of benzene rings is 1. The van der Waals surface area contributed by atoms with Crippen LogP contribution in [0.4, 0.5) is 17.5 Å². The number of carbonyl (C=O) groups excluding carboxylic acids is 1. The number of nitrogens with one attached hydrogen (secondary N) is 2. The molecule has 1 aliphatic carbocycles. The maximum Gasteiger partial charge on any atom is 0.226 e. The highest BCUT2D eigenvalue weighted by Gasteiger charge is 2.49. The highest BCUT2D eigenvalue weighted by Crippen LogP contribution is 2.39. The van der Waals surface area contributed by atoms with E-state index < -0.39 is 0 Å². The number of imidazole rings is 1. The molecule has 10 heteroatoms. The highest BCUT2D eigenvalue weighted by atomic mass is 16.1. The van der Waals surface area contributed by atoms with Gasteiger partial charge < -0.3 is 25.8 Å². The summed E-state index contributed by atoms with van der Waals surface area (Å²) in [4.78, 5) is 30.3. The maximum absolute atomic E-state index is 11.0. The molecule has 0 unspecified atom stereocenters. The number of anilines is 3. The second-order valence-electron chi connectivity index (χ2n) is 11.6. The number of nitrogens with two attached hydrogens (primary N) is 1. The average Bonchev–Trinajstić information content (AvgIpc) is 3.52. The molecule has 0 atom stereocenters. The Morgan fingerprint density at radius 1 is 1.08 bits per heavy atom. The van der Waals surface area contributed by atoms with Crippen LogP contribution in [0.15, 0.2) is 30.6 Å². The summed E-state index contributed by atoms with van der Waals surface area (Å²) >= 11 is 0. The van der Waals surface area contributed by atoms with Crippen LogP contribution in [0.2, 0.25) is 0 Å². The molecule has 3 aliphatic rings. The fourth-order valence-corrected chi connectivity index (χ4v) is 6.56. The van der Waals surface area contributed by atoms with Crippen LogP contribution in [0.1, 0.15) is 56.6 Å². The van der Waals surface area contributed by atoms with Crippen molar-refractivity contribution >= 4 is 34.5 Å². The van der Waals surface area contributed by atoms with Gasteiger partial charge in [-0.3, -0.25) is 9.69 Å². The smallest absolute Gasteiger partial charge is 0.226 e. The monoisotopic (exact) mass is 517 g/mol. The Morgan fingerprint density at radius 3 is 2.55 bits per heavy atom. The SMILES string of the molecule is CN1CC2(C1)CN(Cc1ccc(Nc3nc(NCCCCC(N)=O)nc4c3ncn4C3CCCC3)cc1)C2. The lowest BCUT2D eigenvalue weighted by Crippen LogP contribution is -2.70. The van der Waals surface area contributed by atoms with E-state index in [1.807, 2.05) is 6.33 Å². The van der Waals surface area contributed by atoms with Crippen molar-refractivity contribution in [1.82, 2.24) is 29.3 Å². The number of fused-ring (bicyclic) bond motifs is 1. The van der Waals surface area contributed by atoms with Gasteiger partial charge in [-0.25, -0.2) is 4.98 Å². The van der Waals surface area contributed by atoms with E-state index in [2.05, 4.69) is 56.3 Å². The first-order valence-corrected chi connectivity index (χ1v) is 14.0. The van der Waals surface area contributed by atoms with E-state index in [0.29, 0.717) is 36.2 Å². The second-order valence-corrected chi connectivity index (χ2v) is 11.6. The molecule has 4 N–H and O–H groups in total. The number of amides is 1. The summed E-state index contributed by atoms with van der Waals surface area (Å²) in [7, 11) is 2.20. The molecule has 3 fully saturated rings. The molecule has 0 radical (unpaired) electrons. The summed E-state index contributed by atoms with van der Waals surface area (Å²) < 4.78 is 2.22. The Balaban J connectivity index is 1.15. The van der Waals surface area contributed by atoms with Gasteiger partial charge in [-0.1, -0.05) is 25.0 Å². The number of carbonyl (C=O) groups is 1. The minimum atomic E-state index is -0.263. The van der Waals surface area contributed by atoms with E-state index in [4.69, 9.17) is 20.7 Å². The van der Waals surface area contributed by atoms with E-state index in [-0.39, 0.29) is 5.91 Å². The third-order valence-electron chi connectivity index (χ3n) is 8.22. The van der Waals surface area contributed by atoms with E-state index in [9.17, 15) is 4.79 Å². The summed E-state index contributed by atoms with van der Waals surface area (Å²) in [6.45, 7) is 6.56. The lowest BCUT2D eigenvalue weighted by Gasteiger charge is -2.59. The van der Waals surface area contributed by atoms with Crippen LogP contribution in [0.5, 0.6) is 0 Å². The molecule has 10 nitrogen and oxygen atoms in total. The molecule has 1 spiro atoms. The summed E-state index contributed by atoms with van der Waals surface area (Å²) in [5.41, 5.74) is 9.79. The number of nitrogens with zero attached hydrogens (tertiary/aromatic N) is 6. The first-order valence-electron chi connectivity index (χ1n) is 14.0. The average molecular weight is 518 g/mol. The first-order chi connectivity index (χ1) is 18.5. The van der Waals surface area contributed by atoms with Gasteiger partial charge in [-0.15, -0.1) is 0 Å². The van der Waals surface area contributed by atoms with Gasteiger partial charge in [-0.2, -0.15) is 9.97 Å². The number of hydrogen-bond acceptors (Lipinski definition) is 8. The Bertz CT molecular complexity index is 1270. The van der Waals surface area contributed by atoms with Gasteiger partial charge in [-0.05, 0) is 50.4 Å². The first kappa shape index (κ1) is 25.1. The second kappa shape index (κ2) is 10.5. The predicted molar refractivity (Wildman–Crippen MR) is 149 cm³/mol. The lowest BCUT2D eigenvalue weighted by molar-refractivity contribution is -0.118. The van der Waals surface area contributed by atoms with E-state index in [1.165, 1.54) is 44.6 Å². The van der Waals surface area contributed by atoms with Crippen LogP contribution in [0.25, 0.3) is 11.2 Å². The third-order valence-corrected chi connectivity index (χ3v) is 8.22. The molecule has 1 amide bonds. The molecule has 2 aliphatic heterocycles. The van der Waals surface area contributed by atoms with E-state index in [1.54, 1.807) is 0 Å². The van der Waals surface area contributed by atoms with Gasteiger partial charge in [0.05, 0.1) is 6.33 Å². The number of likely N-dealkylation sites (tertiary alicyclic amines) is 2. The third kappa shape index (κ3) is 5.33. The van der Waals surface area contributed by atoms with Crippen molar-refractivity contribution in [3.63, 3.8) is 0 Å². The number of aromatic nitrogens is 4. The van der Waals surface area contributed by atoms with Gasteiger partial charge in [0, 0.05) is 62.8 Å². The zero-order valence-corrected chi connectivity index (χ0v) is 22.3. The Labute approximate surface area is 224 Å². The van der Waals surface area contributed by atoms with Crippen molar-refractivity contribution < 1.29 is 4.79 Å². The van der Waals surface area contributed by atoms with Crippen molar-refractivity contribution in [2.45, 2.75) is 57.5 Å². The Kier molecular flexibility index (Phi) is 6.92. The van der Waals surface area contributed by atoms with Crippen LogP contribution in [-0.4, -0.2) is 75.0 Å². The molecule has 3 aromatic rings. The standard InChI is InChI=1S/C28H39N9O/c1-35-15-28(16-35)17-36(18-28)14-20-9-11-21(12-10-20)32-25-24-26(37(19-31-24)22-6-2-3-7-22)34-27(33-25)30-13-5-4-8-23(29)38/h9-12,19,22H,2-8,13-18H2,1H3,(H2,29,38)(H2,30,32,33,34). The molecule has 2 saturated heterocycles. The molecule has 1 saturated carbocycles. The number of rotatable bonds is 11. The van der Waals surface area contributed by atoms with Crippen LogP contribution in [0.3, 0.4) is 0 Å². The van der Waals surface area contributed by atoms with Crippen LogP contribution >= 0.6 is 0 Å². The molecule has 6 rings (SSSR count). The van der Waals surface area contributed by atoms with Gasteiger partial charge in [0.25, 0.3) is 0 Å². The zero-order valence-electron chi connectivity index (χ0n) is 22.3. The fourth-order valence-electron chi connectivity index (χ4n) is 6.56. The zero-order chi connectivity index (χ0) is 26.1. The summed E-state index contributed by atoms with van der Waals surface area (Å²) in [6, 6.07) is 9.09. The van der Waals surface area contributed by atoms with Gasteiger partial charge in [0.2, 0.25) is 11.9 Å². The van der Waals surface area contributed by atoms with E-state index >= 15 is 0 Å². The largest absolute Gasteiger partial charge is 0.370 e. The summed E-state index contributed by atoms with van der Waals surface area (Å²) in [6.07, 6.45) is 8.69. The van der Waals surface area contributed by atoms with Gasteiger partial charge in [0.1, 0.15) is 0 Å². The minimum absolute atomic E-state index is 0.263. The molecule has 38 heavy (non-hydrogen) atoms. The lowest BCUT2D eigenvalue weighted by atomic mass is 9.73. The molecule has 1 aromatic carbocycles. The molecule has 4 heterocycles.